The molecule has 1 aromatic carbocycles. The van der Waals surface area contributed by atoms with Crippen LogP contribution in [0.5, 0.6) is 5.75 Å². The summed E-state index contributed by atoms with van der Waals surface area (Å²) in [5.41, 5.74) is -2.42. The van der Waals surface area contributed by atoms with E-state index in [0.717, 1.165) is 0 Å². The van der Waals surface area contributed by atoms with Gasteiger partial charge in [0, 0.05) is 0 Å². The molecule has 0 radical (unpaired) electrons. The van der Waals surface area contributed by atoms with Gasteiger partial charge in [0.25, 0.3) is 0 Å². The van der Waals surface area contributed by atoms with Gasteiger partial charge in [0.15, 0.2) is 0 Å². The summed E-state index contributed by atoms with van der Waals surface area (Å²) in [7, 11) is 0. The molecule has 0 unspecified atom stereocenters. The second-order valence-corrected chi connectivity index (χ2v) is 3.98. The largest absolute Gasteiger partial charge is 0.466 e. The Bertz CT molecular complexity index is 593. The highest BCUT2D eigenvalue weighted by molar-refractivity contribution is 5.73. The summed E-state index contributed by atoms with van der Waals surface area (Å²) in [6.07, 6.45) is -5.65. The predicted octanol–water partition coefficient (Wildman–Crippen LogP) is 3.28. The number of alkyl halides is 5. The number of nitrogens with zero attached hydrogens (tertiary/aromatic N) is 1. The maximum atomic E-state index is 13.0. The van der Waals surface area contributed by atoms with Gasteiger partial charge in [-0.3, -0.25) is 4.79 Å². The zero-order valence-electron chi connectivity index (χ0n) is 11.2. The van der Waals surface area contributed by atoms with E-state index in [1.165, 1.54) is 13.0 Å². The van der Waals surface area contributed by atoms with Crippen molar-refractivity contribution in [2.75, 3.05) is 6.61 Å². The van der Waals surface area contributed by atoms with Gasteiger partial charge in [-0.05, 0) is 24.6 Å². The Balaban J connectivity index is 3.35. The molecule has 0 aliphatic carbocycles. The lowest BCUT2D eigenvalue weighted by molar-refractivity contribution is -0.143. The topological polar surface area (TPSA) is 59.3 Å². The fourth-order valence-corrected chi connectivity index (χ4v) is 1.68. The number of rotatable bonds is 5. The van der Waals surface area contributed by atoms with E-state index in [1.807, 2.05) is 0 Å². The summed E-state index contributed by atoms with van der Waals surface area (Å²) in [5, 5.41) is 8.81. The van der Waals surface area contributed by atoms with Crippen LogP contribution in [-0.2, 0) is 22.1 Å². The molecule has 0 saturated carbocycles. The molecule has 0 aromatic heterocycles. The molecule has 0 aliphatic rings. The molecule has 0 N–H and O–H groups in total. The first-order chi connectivity index (χ1) is 10.2. The first-order valence-corrected chi connectivity index (χ1v) is 5.93. The second kappa shape index (κ2) is 7.06. The zero-order chi connectivity index (χ0) is 16.9. The Morgan fingerprint density at radius 1 is 1.36 bits per heavy atom. The van der Waals surface area contributed by atoms with Crippen molar-refractivity contribution in [2.24, 2.45) is 0 Å². The molecule has 0 spiro atoms. The number of nitriles is 1. The van der Waals surface area contributed by atoms with Crippen molar-refractivity contribution in [3.8, 4) is 11.8 Å². The Kier molecular flexibility index (Phi) is 5.68. The summed E-state index contributed by atoms with van der Waals surface area (Å²) in [6.45, 7) is -1.94. The van der Waals surface area contributed by atoms with Crippen molar-refractivity contribution in [2.45, 2.75) is 26.1 Å². The van der Waals surface area contributed by atoms with Crippen LogP contribution in [0.3, 0.4) is 0 Å². The van der Waals surface area contributed by atoms with Crippen molar-refractivity contribution in [1.29, 1.82) is 5.26 Å². The van der Waals surface area contributed by atoms with E-state index in [0.29, 0.717) is 6.07 Å². The second-order valence-electron chi connectivity index (χ2n) is 3.98. The van der Waals surface area contributed by atoms with Crippen molar-refractivity contribution in [3.63, 3.8) is 0 Å². The molecule has 0 amide bonds. The van der Waals surface area contributed by atoms with Crippen LogP contribution < -0.4 is 4.74 Å². The van der Waals surface area contributed by atoms with Gasteiger partial charge in [-0.2, -0.15) is 27.2 Å². The number of hydrogen-bond donors (Lipinski definition) is 0. The maximum Gasteiger partial charge on any atom is 0.416 e. The number of ether oxygens (including phenoxy) is 2. The number of halogens is 5. The highest BCUT2D eigenvalue weighted by Gasteiger charge is 2.35. The molecular weight excluding hydrogens is 313 g/mol. The molecule has 0 atom stereocenters. The average Bonchev–Trinajstić information content (AvgIpc) is 2.38. The Morgan fingerprint density at radius 2 is 2.00 bits per heavy atom. The first kappa shape index (κ1) is 17.7. The molecule has 1 aromatic rings. The van der Waals surface area contributed by atoms with Crippen molar-refractivity contribution < 1.29 is 36.2 Å². The summed E-state index contributed by atoms with van der Waals surface area (Å²) in [4.78, 5) is 11.3. The van der Waals surface area contributed by atoms with Crippen molar-refractivity contribution >= 4 is 5.97 Å². The van der Waals surface area contributed by atoms with Crippen LogP contribution in [0.25, 0.3) is 0 Å². The molecule has 0 bridgehead atoms. The molecule has 0 aliphatic heterocycles. The van der Waals surface area contributed by atoms with Gasteiger partial charge in [0.05, 0.1) is 24.2 Å². The average molecular weight is 323 g/mol. The molecule has 0 heterocycles. The van der Waals surface area contributed by atoms with Crippen molar-refractivity contribution in [3.05, 3.63) is 28.8 Å². The van der Waals surface area contributed by atoms with Crippen LogP contribution in [0.15, 0.2) is 12.1 Å². The van der Waals surface area contributed by atoms with Crippen LogP contribution in [0.2, 0.25) is 0 Å². The third-order valence-corrected chi connectivity index (χ3v) is 2.49. The zero-order valence-corrected chi connectivity index (χ0v) is 11.2. The Morgan fingerprint density at radius 3 is 2.45 bits per heavy atom. The summed E-state index contributed by atoms with van der Waals surface area (Å²) >= 11 is 0. The Hall–Kier alpha value is -2.37. The number of esters is 1. The van der Waals surface area contributed by atoms with Gasteiger partial charge in [-0.1, -0.05) is 0 Å². The van der Waals surface area contributed by atoms with Crippen molar-refractivity contribution in [1.82, 2.24) is 0 Å². The fraction of sp³-hybridized carbons (Fsp3) is 0.385. The molecule has 1 rings (SSSR count). The minimum absolute atomic E-state index is 0.0299. The van der Waals surface area contributed by atoms with Gasteiger partial charge in [-0.15, -0.1) is 0 Å². The number of hydrogen-bond acceptors (Lipinski definition) is 4. The smallest absolute Gasteiger partial charge is 0.416 e. The van der Waals surface area contributed by atoms with E-state index in [1.54, 1.807) is 0 Å². The SMILES string of the molecule is CCOC(=O)Cc1cc(C#N)c(OC(F)F)cc1C(F)(F)F. The standard InChI is InChI=1S/C13H10F5NO3/c1-2-21-11(20)4-7-3-8(6-19)10(22-12(14)15)5-9(7)13(16,17)18/h3,5,12H,2,4H2,1H3. The van der Waals surface area contributed by atoms with Crippen LogP contribution in [0.4, 0.5) is 22.0 Å². The minimum Gasteiger partial charge on any atom is -0.466 e. The molecule has 22 heavy (non-hydrogen) atoms. The van der Waals surface area contributed by atoms with Crippen LogP contribution in [0, 0.1) is 11.3 Å². The number of carbonyl (C=O) groups excluding carboxylic acids is 1. The first-order valence-electron chi connectivity index (χ1n) is 5.93. The van der Waals surface area contributed by atoms with Gasteiger partial charge >= 0.3 is 18.8 Å². The monoisotopic (exact) mass is 323 g/mol. The van der Waals surface area contributed by atoms with E-state index in [9.17, 15) is 26.7 Å². The summed E-state index contributed by atoms with van der Waals surface area (Å²) < 4.78 is 71.7. The molecule has 120 valence electrons. The van der Waals surface area contributed by atoms with E-state index in [-0.39, 0.29) is 12.7 Å². The van der Waals surface area contributed by atoms with Crippen LogP contribution in [-0.4, -0.2) is 19.2 Å². The van der Waals surface area contributed by atoms with Gasteiger partial charge < -0.3 is 9.47 Å². The van der Waals surface area contributed by atoms with Crippen LogP contribution in [0.1, 0.15) is 23.6 Å². The quantitative estimate of drug-likeness (QED) is 0.616. The summed E-state index contributed by atoms with van der Waals surface area (Å²) in [5.74, 6) is -1.84. The minimum atomic E-state index is -4.91. The normalized spacial score (nSPS) is 11.2. The lowest BCUT2D eigenvalue weighted by Crippen LogP contribution is -2.16. The molecule has 0 fully saturated rings. The molecule has 9 heteroatoms. The van der Waals surface area contributed by atoms with E-state index >= 15 is 0 Å². The maximum absolute atomic E-state index is 13.0. The molecule has 0 saturated heterocycles. The van der Waals surface area contributed by atoms with E-state index < -0.39 is 47.6 Å². The van der Waals surface area contributed by atoms with Gasteiger partial charge in [0.2, 0.25) is 0 Å². The van der Waals surface area contributed by atoms with Crippen LogP contribution >= 0.6 is 0 Å². The number of carbonyl (C=O) groups is 1. The lowest BCUT2D eigenvalue weighted by atomic mass is 10.00. The summed E-state index contributed by atoms with van der Waals surface area (Å²) in [6, 6.07) is 2.42. The molecule has 4 nitrogen and oxygen atoms in total. The van der Waals surface area contributed by atoms with Gasteiger partial charge in [0.1, 0.15) is 11.8 Å². The van der Waals surface area contributed by atoms with E-state index in [2.05, 4.69) is 9.47 Å². The van der Waals surface area contributed by atoms with E-state index in [4.69, 9.17) is 5.26 Å². The highest BCUT2D eigenvalue weighted by atomic mass is 19.4. The fourth-order valence-electron chi connectivity index (χ4n) is 1.68. The highest BCUT2D eigenvalue weighted by Crippen LogP contribution is 2.36. The lowest BCUT2D eigenvalue weighted by Gasteiger charge is -2.15. The number of benzene rings is 1. The third-order valence-electron chi connectivity index (χ3n) is 2.49. The predicted molar refractivity (Wildman–Crippen MR) is 63.1 cm³/mol. The Labute approximate surface area is 122 Å². The van der Waals surface area contributed by atoms with Gasteiger partial charge in [-0.25, -0.2) is 0 Å². The molecular formula is C13H10F5NO3. The third kappa shape index (κ3) is 4.58.